The molecule has 11 N–H and O–H groups in total. The van der Waals surface area contributed by atoms with Gasteiger partial charge in [0.1, 0.15) is 17.2 Å². The number of hydrogen-bond donors (Lipinski definition) is 7. The molecule has 0 saturated carbocycles. The van der Waals surface area contributed by atoms with Crippen LogP contribution < -0.4 is 75.4 Å². The molecule has 7 aliphatic heterocycles. The Morgan fingerprint density at radius 2 is 0.776 bits per heavy atom. The standard InChI is InChI=1S/C13H19BO3.C12H18BNO3.C11H15BO3.C10H13BO.2C9H12BNO.C9H12BN.2CH4/c1-3-11-10-6-4-7-12(16-9-5-8-15)13(10)14(2)17-11;1-13-12-9(11(8-14)17-13)4-2-5-10(12)16-7-3-6-15;1-12-11-9(8-15-12)4-2-5-10(11)14-7-3-6-13;1-3-10-8-6-4-5-7-9(8)11(2)12-10;2*1-10-8-5-3-2-4-7(8)9(6-11)12-10;1-10-5-4-7-2-3-8(11)6-9(7)10;;/h4,6-7,11,15H,3,5,8-9H2,1-2H3;2,4-5,11,15H,3,6-8,14H2,1H3;2,4-5,13H,3,6-8H2,1H3;4-7,10H,3H2,1-2H3;2*2-5,9H,6,11H2,1H3;2-3,6H,4-5,11H2,1H3;2*1H4/t11-;;;10-;9-;;;;/m1..10..../s1. The van der Waals surface area contributed by atoms with Gasteiger partial charge < -0.3 is 80.4 Å². The molecule has 0 radical (unpaired) electrons. The van der Waals surface area contributed by atoms with Crippen LogP contribution >= 0.6 is 0 Å². The number of fused-ring (bicyclic) bond motifs is 7. The van der Waals surface area contributed by atoms with Gasteiger partial charge in [0.05, 0.1) is 56.9 Å². The van der Waals surface area contributed by atoms with Crippen molar-refractivity contribution in [2.45, 2.75) is 158 Å². The average Bonchev–Trinajstić information content (AvgIpc) is 1.39. The summed E-state index contributed by atoms with van der Waals surface area (Å²) < 4.78 is 51.3. The molecule has 16 nitrogen and oxygen atoms in total. The van der Waals surface area contributed by atoms with E-state index in [0.717, 1.165) is 52.3 Å². The van der Waals surface area contributed by atoms with Gasteiger partial charge in [0.2, 0.25) is 0 Å². The number of nitrogen functional groups attached to an aromatic ring is 1. The second-order valence-electron chi connectivity index (χ2n) is 25.2. The predicted molar refractivity (Wildman–Crippen MR) is 414 cm³/mol. The second-order valence-corrected chi connectivity index (χ2v) is 25.2. The molecule has 23 heteroatoms. The lowest BCUT2D eigenvalue weighted by Gasteiger charge is -2.11. The summed E-state index contributed by atoms with van der Waals surface area (Å²) >= 11 is 0. The van der Waals surface area contributed by atoms with E-state index in [1.807, 2.05) is 86.4 Å². The van der Waals surface area contributed by atoms with E-state index in [4.69, 9.17) is 80.4 Å². The fraction of sp³-hybridized carbons (Fsp3) is 0.440. The zero-order valence-corrected chi connectivity index (χ0v) is 58.1. The molecule has 522 valence electrons. The first kappa shape index (κ1) is 80.7. The van der Waals surface area contributed by atoms with Gasteiger partial charge in [0.15, 0.2) is 6.71 Å². The van der Waals surface area contributed by atoms with E-state index >= 15 is 0 Å². The van der Waals surface area contributed by atoms with Crippen molar-refractivity contribution < 1.29 is 57.5 Å². The monoisotopic (exact) mass is 1330 g/mol. The van der Waals surface area contributed by atoms with Crippen molar-refractivity contribution in [2.75, 3.05) is 65.0 Å². The number of aryl methyl sites for hydroxylation is 1. The minimum atomic E-state index is -0.0265. The van der Waals surface area contributed by atoms with E-state index in [0.29, 0.717) is 78.1 Å². The number of anilines is 1. The van der Waals surface area contributed by atoms with E-state index in [1.165, 1.54) is 73.4 Å². The highest BCUT2D eigenvalue weighted by Crippen LogP contribution is 2.32. The zero-order valence-electron chi connectivity index (χ0n) is 58.1. The lowest BCUT2D eigenvalue weighted by atomic mass is 9.48. The van der Waals surface area contributed by atoms with Crippen LogP contribution in [0.4, 0.5) is 5.69 Å². The highest BCUT2D eigenvalue weighted by atomic mass is 16.5. The van der Waals surface area contributed by atoms with Crippen molar-refractivity contribution in [1.29, 1.82) is 0 Å². The maximum Gasteiger partial charge on any atom is 0.328 e. The number of nitrogens with two attached hydrogens (primary N) is 4. The van der Waals surface area contributed by atoms with Crippen LogP contribution in [-0.2, 0) is 41.0 Å². The van der Waals surface area contributed by atoms with E-state index in [9.17, 15) is 0 Å². The number of hydrogen-bond acceptors (Lipinski definition) is 16. The highest BCUT2D eigenvalue weighted by Gasteiger charge is 2.36. The SMILES string of the molecule is C.C.CB1CCc2ccc(N)cc21.CB1OC(CN)c2cccc(OCCCO)c21.CB1OC(CN)c2ccccc21.CB1OCc2cccc(OCCCO)c21.CB1O[C@@H](CN)c2ccccc21.CC[C@H]1OB(C)c2c(OCCCO)cccc21.CC[C@H]1OB(C)c2ccccc21. The summed E-state index contributed by atoms with van der Waals surface area (Å²) in [4.78, 5) is 0. The summed E-state index contributed by atoms with van der Waals surface area (Å²) in [6.45, 7) is 25.0. The molecule has 0 saturated heterocycles. The Hall–Kier alpha value is -6.29. The van der Waals surface area contributed by atoms with Crippen LogP contribution in [0, 0.1) is 0 Å². The van der Waals surface area contributed by atoms with Crippen LogP contribution in [0.5, 0.6) is 17.2 Å². The van der Waals surface area contributed by atoms with Crippen molar-refractivity contribution >= 4 is 92.1 Å². The van der Waals surface area contributed by atoms with Crippen LogP contribution in [0.2, 0.25) is 54.1 Å². The van der Waals surface area contributed by atoms with Crippen LogP contribution in [0.25, 0.3) is 0 Å². The summed E-state index contributed by atoms with van der Waals surface area (Å²) in [7, 11) is 0. The van der Waals surface area contributed by atoms with Gasteiger partial charge in [-0.15, -0.1) is 0 Å². The van der Waals surface area contributed by atoms with E-state index in [-0.39, 0.29) is 101 Å². The normalized spacial score (nSPS) is 18.0. The summed E-state index contributed by atoms with van der Waals surface area (Å²) in [5.74, 6) is 2.64. The predicted octanol–water partition coefficient (Wildman–Crippen LogP) is 8.38. The largest absolute Gasteiger partial charge is 0.494 e. The van der Waals surface area contributed by atoms with Crippen molar-refractivity contribution in [2.24, 2.45) is 17.2 Å². The molecule has 2 unspecified atom stereocenters. The first-order valence-electron chi connectivity index (χ1n) is 34.9. The second kappa shape index (κ2) is 40.8. The first-order valence-corrected chi connectivity index (χ1v) is 34.9. The smallest absolute Gasteiger partial charge is 0.328 e. The molecule has 7 aliphatic rings. The molecule has 0 bridgehead atoms. The van der Waals surface area contributed by atoms with Crippen LogP contribution in [0.1, 0.15) is 130 Å². The van der Waals surface area contributed by atoms with Gasteiger partial charge in [-0.3, -0.25) is 0 Å². The third-order valence-corrected chi connectivity index (χ3v) is 18.6. The summed E-state index contributed by atoms with van der Waals surface area (Å²) in [6.07, 6.45) is 7.26. The molecule has 7 heterocycles. The molecular weight excluding hydrogens is 1220 g/mol. The third-order valence-electron chi connectivity index (χ3n) is 18.6. The van der Waals surface area contributed by atoms with Gasteiger partial charge in [-0.1, -0.05) is 209 Å². The minimum absolute atomic E-state index is 0. The van der Waals surface area contributed by atoms with E-state index < -0.39 is 0 Å². The molecule has 0 aliphatic carbocycles. The van der Waals surface area contributed by atoms with E-state index in [1.54, 1.807) is 0 Å². The Morgan fingerprint density at radius 3 is 1.22 bits per heavy atom. The molecule has 0 spiro atoms. The van der Waals surface area contributed by atoms with Gasteiger partial charge >= 0.3 is 41.5 Å². The number of rotatable bonds is 17. The Morgan fingerprint density at radius 1 is 0.408 bits per heavy atom. The van der Waals surface area contributed by atoms with E-state index in [2.05, 4.69) is 121 Å². The summed E-state index contributed by atoms with van der Waals surface area (Å²) in [5.41, 5.74) is 41.3. The minimum Gasteiger partial charge on any atom is -0.494 e. The molecule has 7 aromatic rings. The van der Waals surface area contributed by atoms with Crippen LogP contribution in [0.3, 0.4) is 0 Å². The van der Waals surface area contributed by atoms with Crippen LogP contribution in [0.15, 0.2) is 146 Å². The Balaban J connectivity index is 0.000000181. The van der Waals surface area contributed by atoms with Gasteiger partial charge in [-0.2, -0.15) is 0 Å². The fourth-order valence-corrected chi connectivity index (χ4v) is 13.6. The lowest BCUT2D eigenvalue weighted by Crippen LogP contribution is -2.26. The van der Waals surface area contributed by atoms with Crippen LogP contribution in [-0.4, -0.2) is 123 Å². The molecular formula is C75H109B7N4O12. The number of ether oxygens (including phenoxy) is 3. The number of aliphatic hydroxyl groups excluding tert-OH is 3. The number of benzene rings is 7. The molecule has 5 atom stereocenters. The third kappa shape index (κ3) is 20.7. The molecule has 14 rings (SSSR count). The highest BCUT2D eigenvalue weighted by molar-refractivity contribution is 6.74. The fourth-order valence-electron chi connectivity index (χ4n) is 13.6. The molecule has 7 aromatic carbocycles. The Labute approximate surface area is 589 Å². The molecule has 98 heavy (non-hydrogen) atoms. The maximum absolute atomic E-state index is 8.77. The zero-order chi connectivity index (χ0) is 68.7. The number of aliphatic hydroxyl groups is 3. The van der Waals surface area contributed by atoms with Gasteiger partial charge in [0.25, 0.3) is 0 Å². The van der Waals surface area contributed by atoms with Crippen molar-refractivity contribution in [3.05, 3.63) is 185 Å². The van der Waals surface area contributed by atoms with Gasteiger partial charge in [-0.25, -0.2) is 0 Å². The topological polar surface area (TPSA) is 248 Å². The quantitative estimate of drug-likeness (QED) is 0.0257. The van der Waals surface area contributed by atoms with Crippen molar-refractivity contribution in [3.8, 4) is 17.2 Å². The Kier molecular flexibility index (Phi) is 33.6. The Bertz CT molecular complexity index is 3310. The van der Waals surface area contributed by atoms with Crippen molar-refractivity contribution in [3.63, 3.8) is 0 Å². The van der Waals surface area contributed by atoms with Gasteiger partial charge in [-0.05, 0) is 116 Å². The lowest BCUT2D eigenvalue weighted by molar-refractivity contribution is 0.221. The summed E-state index contributed by atoms with van der Waals surface area (Å²) in [6, 6.07) is 49.4. The molecule has 0 aromatic heterocycles. The first-order chi connectivity index (χ1) is 46.6. The molecule has 0 amide bonds. The summed E-state index contributed by atoms with van der Waals surface area (Å²) in [5, 5.41) is 26.2. The maximum atomic E-state index is 8.77. The molecule has 0 fully saturated rings. The van der Waals surface area contributed by atoms with Crippen molar-refractivity contribution in [1.82, 2.24) is 0 Å². The van der Waals surface area contributed by atoms with Gasteiger partial charge in [0, 0.05) is 64.4 Å². The average molecular weight is 1330 g/mol.